The number of fused-ring (bicyclic) bond motifs is 1. The van der Waals surface area contributed by atoms with Crippen LogP contribution in [-0.4, -0.2) is 57.1 Å². The lowest BCUT2D eigenvalue weighted by atomic mass is 9.98. The molecule has 1 fully saturated rings. The average molecular weight is 461 g/mol. The number of piperidine rings is 1. The van der Waals surface area contributed by atoms with Gasteiger partial charge in [-0.1, -0.05) is 0 Å². The molecule has 5 rings (SSSR count). The molecule has 0 aliphatic carbocycles. The number of alkyl halides is 1. The van der Waals surface area contributed by atoms with Crippen LogP contribution in [0.5, 0.6) is 0 Å². The van der Waals surface area contributed by atoms with Gasteiger partial charge in [0.25, 0.3) is 5.91 Å². The zero-order valence-electron chi connectivity index (χ0n) is 17.2. The van der Waals surface area contributed by atoms with Crippen LogP contribution >= 0.6 is 11.3 Å². The minimum absolute atomic E-state index is 0.133. The molecule has 0 spiro atoms. The number of nitrogens with zero attached hydrogens (tertiary/aromatic N) is 6. The number of anilines is 2. The van der Waals surface area contributed by atoms with Crippen molar-refractivity contribution in [2.24, 2.45) is 5.92 Å². The fraction of sp³-hybridized carbons (Fsp3) is 0.429. The fourth-order valence-corrected chi connectivity index (χ4v) is 5.14. The number of hydrogen-bond donors (Lipinski definition) is 1. The number of carbonyl (C=O) groups is 1. The molecule has 3 aromatic heterocycles. The standard InChI is InChI=1S/C21H22F2N6O2S/c22-5-8-28-10-14(9-24-28)29-11-16-18(21(29)31)32-20(25-16)15-1-2-17(26-19(15)23)27-6-3-13(12-30)4-7-27/h1-2,9-10,13,30H,3-8,11-12H2. The highest BCUT2D eigenvalue weighted by Crippen LogP contribution is 2.37. The minimum Gasteiger partial charge on any atom is -0.396 e. The molecule has 1 amide bonds. The van der Waals surface area contributed by atoms with Gasteiger partial charge in [-0.3, -0.25) is 14.4 Å². The van der Waals surface area contributed by atoms with E-state index in [0.29, 0.717) is 33.0 Å². The Labute approximate surface area is 187 Å². The molecule has 0 atom stereocenters. The zero-order chi connectivity index (χ0) is 22.2. The minimum atomic E-state index is -0.615. The van der Waals surface area contributed by atoms with Crippen molar-refractivity contribution in [2.75, 3.05) is 36.2 Å². The lowest BCUT2D eigenvalue weighted by Gasteiger charge is -2.32. The summed E-state index contributed by atoms with van der Waals surface area (Å²) in [5.41, 5.74) is 1.44. The predicted molar refractivity (Wildman–Crippen MR) is 116 cm³/mol. The van der Waals surface area contributed by atoms with Crippen molar-refractivity contribution in [1.82, 2.24) is 19.7 Å². The Hall–Kier alpha value is -2.92. The quantitative estimate of drug-likeness (QED) is 0.570. The van der Waals surface area contributed by atoms with Crippen LogP contribution in [0, 0.1) is 11.9 Å². The number of halogens is 2. The summed E-state index contributed by atoms with van der Waals surface area (Å²) in [6.07, 6.45) is 4.86. The molecule has 2 aliphatic rings. The maximum absolute atomic E-state index is 14.9. The van der Waals surface area contributed by atoms with Gasteiger partial charge >= 0.3 is 0 Å². The van der Waals surface area contributed by atoms with E-state index in [9.17, 15) is 18.7 Å². The molecule has 0 aromatic carbocycles. The van der Waals surface area contributed by atoms with Gasteiger partial charge < -0.3 is 10.0 Å². The van der Waals surface area contributed by atoms with Crippen LogP contribution in [0.4, 0.5) is 20.3 Å². The number of aryl methyl sites for hydroxylation is 1. The summed E-state index contributed by atoms with van der Waals surface area (Å²) in [7, 11) is 0. The van der Waals surface area contributed by atoms with Crippen LogP contribution in [-0.2, 0) is 13.1 Å². The molecule has 8 nitrogen and oxygen atoms in total. The molecule has 1 saturated heterocycles. The molecule has 0 radical (unpaired) electrons. The highest BCUT2D eigenvalue weighted by molar-refractivity contribution is 7.17. The van der Waals surface area contributed by atoms with E-state index in [2.05, 4.69) is 15.1 Å². The van der Waals surface area contributed by atoms with Crippen LogP contribution in [0.25, 0.3) is 10.6 Å². The third-order valence-electron chi connectivity index (χ3n) is 5.95. The molecule has 3 aromatic rings. The van der Waals surface area contributed by atoms with Gasteiger partial charge in [0.05, 0.1) is 36.2 Å². The second-order valence-corrected chi connectivity index (χ2v) is 8.96. The molecule has 32 heavy (non-hydrogen) atoms. The van der Waals surface area contributed by atoms with Gasteiger partial charge in [0.15, 0.2) is 0 Å². The molecule has 2 aliphatic heterocycles. The van der Waals surface area contributed by atoms with E-state index in [-0.39, 0.29) is 31.2 Å². The Morgan fingerprint density at radius 3 is 2.72 bits per heavy atom. The number of rotatable bonds is 6. The lowest BCUT2D eigenvalue weighted by Crippen LogP contribution is -2.35. The molecule has 1 N–H and O–H groups in total. The number of aromatic nitrogens is 4. The van der Waals surface area contributed by atoms with E-state index < -0.39 is 12.6 Å². The maximum atomic E-state index is 14.9. The first-order valence-electron chi connectivity index (χ1n) is 10.5. The van der Waals surface area contributed by atoms with Crippen molar-refractivity contribution in [3.05, 3.63) is 41.0 Å². The Morgan fingerprint density at radius 2 is 2.03 bits per heavy atom. The van der Waals surface area contributed by atoms with E-state index in [4.69, 9.17) is 0 Å². The summed E-state index contributed by atoms with van der Waals surface area (Å²) in [5.74, 6) is 0.0267. The first-order chi connectivity index (χ1) is 15.6. The molecular formula is C21H22F2N6O2S. The van der Waals surface area contributed by atoms with E-state index in [1.165, 1.54) is 15.8 Å². The van der Waals surface area contributed by atoms with E-state index in [1.807, 2.05) is 4.90 Å². The first kappa shape index (κ1) is 21.0. The number of thiazole rings is 1. The van der Waals surface area contributed by atoms with Gasteiger partial charge in [-0.15, -0.1) is 11.3 Å². The van der Waals surface area contributed by atoms with Crippen LogP contribution in [0.2, 0.25) is 0 Å². The van der Waals surface area contributed by atoms with Gasteiger partial charge in [0.1, 0.15) is 22.4 Å². The Morgan fingerprint density at radius 1 is 1.22 bits per heavy atom. The number of pyridine rings is 1. The predicted octanol–water partition coefficient (Wildman–Crippen LogP) is 2.88. The molecule has 0 saturated carbocycles. The third-order valence-corrected chi connectivity index (χ3v) is 7.07. The summed E-state index contributed by atoms with van der Waals surface area (Å²) < 4.78 is 28.8. The smallest absolute Gasteiger partial charge is 0.270 e. The summed E-state index contributed by atoms with van der Waals surface area (Å²) in [4.78, 5) is 25.5. The molecule has 5 heterocycles. The highest BCUT2D eigenvalue weighted by Gasteiger charge is 2.34. The Balaban J connectivity index is 1.33. The summed E-state index contributed by atoms with van der Waals surface area (Å²) in [5, 5.41) is 13.8. The zero-order valence-corrected chi connectivity index (χ0v) is 18.1. The van der Waals surface area contributed by atoms with E-state index in [0.717, 1.165) is 37.3 Å². The van der Waals surface area contributed by atoms with Crippen molar-refractivity contribution in [3.63, 3.8) is 0 Å². The third kappa shape index (κ3) is 3.75. The average Bonchev–Trinajstić information content (AvgIpc) is 3.50. The van der Waals surface area contributed by atoms with E-state index >= 15 is 0 Å². The van der Waals surface area contributed by atoms with Crippen molar-refractivity contribution in [1.29, 1.82) is 0 Å². The number of carbonyl (C=O) groups excluding carboxylic acids is 1. The molecule has 168 valence electrons. The van der Waals surface area contributed by atoms with Gasteiger partial charge in [-0.25, -0.2) is 14.4 Å². The van der Waals surface area contributed by atoms with Crippen molar-refractivity contribution in [3.8, 4) is 10.6 Å². The Bertz CT molecular complexity index is 1140. The largest absolute Gasteiger partial charge is 0.396 e. The molecule has 0 bridgehead atoms. The van der Waals surface area contributed by atoms with Crippen molar-refractivity contribution in [2.45, 2.75) is 25.9 Å². The Kier molecular flexibility index (Phi) is 5.60. The summed E-state index contributed by atoms with van der Waals surface area (Å²) in [6, 6.07) is 3.44. The first-order valence-corrected chi connectivity index (χ1v) is 11.3. The molecular weight excluding hydrogens is 438 g/mol. The van der Waals surface area contributed by atoms with Crippen molar-refractivity contribution >= 4 is 28.7 Å². The molecule has 11 heteroatoms. The number of aliphatic hydroxyl groups excluding tert-OH is 1. The lowest BCUT2D eigenvalue weighted by molar-refractivity contribution is 0.1000. The number of aliphatic hydroxyl groups is 1. The maximum Gasteiger partial charge on any atom is 0.270 e. The van der Waals surface area contributed by atoms with Crippen LogP contribution < -0.4 is 9.80 Å². The SMILES string of the molecule is O=C1c2sc(-c3ccc(N4CCC(CO)CC4)nc3F)nc2CN1c1cnn(CCF)c1. The normalized spacial score (nSPS) is 16.8. The van der Waals surface area contributed by atoms with Crippen LogP contribution in [0.3, 0.4) is 0 Å². The summed E-state index contributed by atoms with van der Waals surface area (Å²) >= 11 is 1.15. The van der Waals surface area contributed by atoms with Gasteiger partial charge in [-0.2, -0.15) is 9.49 Å². The van der Waals surface area contributed by atoms with Crippen LogP contribution in [0.15, 0.2) is 24.5 Å². The second-order valence-electron chi connectivity index (χ2n) is 7.96. The fourth-order valence-electron chi connectivity index (χ4n) is 4.10. The van der Waals surface area contributed by atoms with Gasteiger partial charge in [0, 0.05) is 25.9 Å². The van der Waals surface area contributed by atoms with Crippen molar-refractivity contribution < 1.29 is 18.7 Å². The van der Waals surface area contributed by atoms with E-state index in [1.54, 1.807) is 18.3 Å². The van der Waals surface area contributed by atoms with Crippen LogP contribution in [0.1, 0.15) is 28.2 Å². The topological polar surface area (TPSA) is 87.4 Å². The highest BCUT2D eigenvalue weighted by atomic mass is 32.1. The van der Waals surface area contributed by atoms with Gasteiger partial charge in [-0.05, 0) is 30.9 Å². The molecule has 0 unspecified atom stereocenters. The number of amides is 1. The number of hydrogen-bond acceptors (Lipinski definition) is 7. The summed E-state index contributed by atoms with van der Waals surface area (Å²) in [6.45, 7) is 1.50. The van der Waals surface area contributed by atoms with Gasteiger partial charge in [0.2, 0.25) is 5.95 Å². The monoisotopic (exact) mass is 460 g/mol. The second kappa shape index (κ2) is 8.55.